The Morgan fingerprint density at radius 2 is 1.29 bits per heavy atom. The van der Waals surface area contributed by atoms with Crippen molar-refractivity contribution in [1.82, 2.24) is 0 Å². The van der Waals surface area contributed by atoms with Gasteiger partial charge in [-0.1, -0.05) is 77.6 Å². The lowest BCUT2D eigenvalue weighted by Gasteiger charge is -2.15. The Morgan fingerprint density at radius 1 is 0.857 bits per heavy atom. The van der Waals surface area contributed by atoms with Gasteiger partial charge in [-0.3, -0.25) is 4.57 Å². The van der Waals surface area contributed by atoms with E-state index in [1.165, 1.54) is 70.6 Å². The zero-order valence-electron chi connectivity index (χ0n) is 14.6. The SMILES string of the molecule is CCCCCCCCCCCCCC(CC(C)O)[P](C)=O. The Morgan fingerprint density at radius 3 is 1.67 bits per heavy atom. The van der Waals surface area contributed by atoms with Crippen molar-refractivity contribution in [2.45, 2.75) is 109 Å². The Labute approximate surface area is 133 Å². The number of aliphatic hydroxyl groups is 1. The average Bonchev–Trinajstić information content (AvgIpc) is 2.42. The van der Waals surface area contributed by atoms with E-state index >= 15 is 0 Å². The van der Waals surface area contributed by atoms with Crippen LogP contribution >= 0.6 is 7.80 Å². The van der Waals surface area contributed by atoms with Crippen LogP contribution in [0, 0.1) is 0 Å². The fourth-order valence-corrected chi connectivity index (χ4v) is 4.03. The summed E-state index contributed by atoms with van der Waals surface area (Å²) in [5.41, 5.74) is 0.221. The van der Waals surface area contributed by atoms with Gasteiger partial charge in [0, 0.05) is 12.3 Å². The third-order valence-corrected chi connectivity index (χ3v) is 5.77. The number of rotatable bonds is 15. The number of aliphatic hydroxyl groups excluding tert-OH is 1. The van der Waals surface area contributed by atoms with Crippen LogP contribution < -0.4 is 0 Å². The molecular formula is C18H38O2P. The standard InChI is InChI=1S/C18H38O2P/c1-4-5-6-7-8-9-10-11-12-13-14-15-18(21(3)20)16-17(2)19/h17-19H,4-16H2,1-3H3. The molecule has 2 nitrogen and oxygen atoms in total. The van der Waals surface area contributed by atoms with Gasteiger partial charge in [0.05, 0.1) is 13.9 Å². The largest absolute Gasteiger partial charge is 0.393 e. The lowest BCUT2D eigenvalue weighted by molar-refractivity contribution is 0.181. The Bertz CT molecular complexity index is 241. The minimum Gasteiger partial charge on any atom is -0.393 e. The first-order valence-electron chi connectivity index (χ1n) is 9.16. The van der Waals surface area contributed by atoms with Crippen LogP contribution in [0.5, 0.6) is 0 Å². The summed E-state index contributed by atoms with van der Waals surface area (Å²) in [7, 11) is -1.14. The van der Waals surface area contributed by atoms with Gasteiger partial charge in [0.25, 0.3) is 0 Å². The summed E-state index contributed by atoms with van der Waals surface area (Å²) in [5, 5.41) is 9.42. The molecule has 21 heavy (non-hydrogen) atoms. The molecule has 0 aliphatic carbocycles. The second-order valence-electron chi connectivity index (χ2n) is 6.61. The van der Waals surface area contributed by atoms with Gasteiger partial charge in [0.15, 0.2) is 0 Å². The second kappa shape index (κ2) is 15.0. The molecule has 0 saturated heterocycles. The van der Waals surface area contributed by atoms with Crippen LogP contribution in [0.15, 0.2) is 0 Å². The highest BCUT2D eigenvalue weighted by molar-refractivity contribution is 7.44. The zero-order chi connectivity index (χ0) is 15.9. The molecule has 0 rings (SSSR count). The second-order valence-corrected chi connectivity index (χ2v) is 8.43. The maximum Gasteiger partial charge on any atom is 0.0719 e. The molecule has 1 N–H and O–H groups in total. The number of unbranched alkanes of at least 4 members (excludes halogenated alkanes) is 10. The first-order chi connectivity index (χ1) is 10.1. The molecule has 1 radical (unpaired) electrons. The molecule has 3 heteroatoms. The molecule has 127 valence electrons. The summed E-state index contributed by atoms with van der Waals surface area (Å²) in [4.78, 5) is 0. The van der Waals surface area contributed by atoms with Gasteiger partial charge >= 0.3 is 0 Å². The topological polar surface area (TPSA) is 37.3 Å². The molecule has 0 heterocycles. The van der Waals surface area contributed by atoms with E-state index < -0.39 is 7.80 Å². The minimum atomic E-state index is -1.14. The summed E-state index contributed by atoms with van der Waals surface area (Å²) in [6.45, 7) is 5.87. The molecule has 0 amide bonds. The highest BCUT2D eigenvalue weighted by atomic mass is 31.1. The van der Waals surface area contributed by atoms with Crippen molar-refractivity contribution in [1.29, 1.82) is 0 Å². The maximum absolute atomic E-state index is 11.6. The van der Waals surface area contributed by atoms with Gasteiger partial charge < -0.3 is 5.11 Å². The summed E-state index contributed by atoms with van der Waals surface area (Å²) in [6, 6.07) is 0. The molecule has 3 atom stereocenters. The highest BCUT2D eigenvalue weighted by Gasteiger charge is 2.15. The van der Waals surface area contributed by atoms with E-state index in [1.807, 2.05) is 0 Å². The van der Waals surface area contributed by atoms with Crippen LogP contribution in [0.25, 0.3) is 0 Å². The van der Waals surface area contributed by atoms with Crippen molar-refractivity contribution in [2.75, 3.05) is 6.66 Å². The van der Waals surface area contributed by atoms with Crippen LogP contribution in [0.3, 0.4) is 0 Å². The summed E-state index contributed by atoms with van der Waals surface area (Å²) in [5.74, 6) is 0. The first-order valence-corrected chi connectivity index (χ1v) is 10.9. The van der Waals surface area contributed by atoms with E-state index in [0.717, 1.165) is 6.42 Å². The molecule has 0 aliphatic rings. The first kappa shape index (κ1) is 21.1. The predicted octanol–water partition coefficient (Wildman–Crippen LogP) is 6.28. The Hall–Kier alpha value is 0.0600. The monoisotopic (exact) mass is 317 g/mol. The minimum absolute atomic E-state index is 0.221. The normalized spacial score (nSPS) is 15.0. The van der Waals surface area contributed by atoms with E-state index in [9.17, 15) is 9.67 Å². The fraction of sp³-hybridized carbons (Fsp3) is 1.00. The third kappa shape index (κ3) is 14.8. The van der Waals surface area contributed by atoms with E-state index in [1.54, 1.807) is 13.6 Å². The van der Waals surface area contributed by atoms with Gasteiger partial charge in [-0.2, -0.15) is 0 Å². The van der Waals surface area contributed by atoms with Crippen LogP contribution in [0.4, 0.5) is 0 Å². The fourth-order valence-electron chi connectivity index (χ4n) is 2.89. The van der Waals surface area contributed by atoms with Gasteiger partial charge in [0.1, 0.15) is 0 Å². The third-order valence-electron chi connectivity index (χ3n) is 4.27. The Balaban J connectivity index is 3.36. The smallest absolute Gasteiger partial charge is 0.0719 e. The van der Waals surface area contributed by atoms with Gasteiger partial charge in [-0.25, -0.2) is 0 Å². The molecule has 0 aromatic rings. The van der Waals surface area contributed by atoms with E-state index in [0.29, 0.717) is 6.42 Å². The lowest BCUT2D eigenvalue weighted by atomic mass is 10.0. The average molecular weight is 317 g/mol. The number of hydrogen-bond donors (Lipinski definition) is 1. The highest BCUT2D eigenvalue weighted by Crippen LogP contribution is 2.31. The molecule has 0 saturated carbocycles. The zero-order valence-corrected chi connectivity index (χ0v) is 15.5. The predicted molar refractivity (Wildman–Crippen MR) is 94.7 cm³/mol. The number of hydrogen-bond acceptors (Lipinski definition) is 2. The van der Waals surface area contributed by atoms with Gasteiger partial charge in [-0.05, 0) is 19.8 Å². The van der Waals surface area contributed by atoms with Crippen LogP contribution in [-0.2, 0) is 4.57 Å². The van der Waals surface area contributed by atoms with Crippen molar-refractivity contribution in [3.63, 3.8) is 0 Å². The lowest BCUT2D eigenvalue weighted by Crippen LogP contribution is -2.11. The molecule has 0 fully saturated rings. The van der Waals surface area contributed by atoms with Gasteiger partial charge in [-0.15, -0.1) is 0 Å². The Kier molecular flexibility index (Phi) is 15.0. The van der Waals surface area contributed by atoms with E-state index in [2.05, 4.69) is 6.92 Å². The van der Waals surface area contributed by atoms with Crippen LogP contribution in [-0.4, -0.2) is 23.5 Å². The van der Waals surface area contributed by atoms with Crippen molar-refractivity contribution in [3.05, 3.63) is 0 Å². The quantitative estimate of drug-likeness (QED) is 0.285. The summed E-state index contributed by atoms with van der Waals surface area (Å²) < 4.78 is 11.6. The van der Waals surface area contributed by atoms with Crippen molar-refractivity contribution < 1.29 is 9.67 Å². The molecule has 0 bridgehead atoms. The molecule has 0 aliphatic heterocycles. The van der Waals surface area contributed by atoms with Crippen molar-refractivity contribution in [2.24, 2.45) is 0 Å². The molecular weight excluding hydrogens is 279 g/mol. The van der Waals surface area contributed by atoms with Crippen LogP contribution in [0.1, 0.15) is 97.3 Å². The van der Waals surface area contributed by atoms with Crippen molar-refractivity contribution in [3.8, 4) is 0 Å². The van der Waals surface area contributed by atoms with E-state index in [4.69, 9.17) is 0 Å². The molecule has 0 aromatic carbocycles. The van der Waals surface area contributed by atoms with Gasteiger partial charge in [0.2, 0.25) is 0 Å². The van der Waals surface area contributed by atoms with Crippen LogP contribution in [0.2, 0.25) is 0 Å². The maximum atomic E-state index is 11.6. The summed E-state index contributed by atoms with van der Waals surface area (Å²) in [6.07, 6.45) is 16.2. The molecule has 3 unspecified atom stereocenters. The molecule has 0 spiro atoms. The van der Waals surface area contributed by atoms with E-state index in [-0.39, 0.29) is 11.8 Å². The van der Waals surface area contributed by atoms with Crippen molar-refractivity contribution >= 4 is 7.80 Å². The molecule has 0 aromatic heterocycles. The summed E-state index contributed by atoms with van der Waals surface area (Å²) >= 11 is 0.